The third kappa shape index (κ3) is 6.37. The molecule has 10 heteroatoms. The molecule has 0 atom stereocenters. The number of aliphatic hydroxyl groups excluding tert-OH is 1. The first kappa shape index (κ1) is 22.4. The number of anilines is 3. The molecular formula is C21H27N7O2S. The van der Waals surface area contributed by atoms with Gasteiger partial charge >= 0.3 is 6.01 Å². The second kappa shape index (κ2) is 10.7. The van der Waals surface area contributed by atoms with E-state index in [1.165, 1.54) is 0 Å². The molecule has 31 heavy (non-hydrogen) atoms. The first-order valence-corrected chi connectivity index (χ1v) is 10.8. The fraction of sp³-hybridized carbons (Fsp3) is 0.333. The van der Waals surface area contributed by atoms with E-state index < -0.39 is 0 Å². The highest BCUT2D eigenvalue weighted by molar-refractivity contribution is 7.09. The summed E-state index contributed by atoms with van der Waals surface area (Å²) in [6.45, 7) is 10.8. The molecule has 0 radical (unpaired) electrons. The number of nitrogens with zero attached hydrogens (tertiary/aromatic N) is 4. The summed E-state index contributed by atoms with van der Waals surface area (Å²) in [6, 6.07) is 2.37. The molecule has 3 rings (SSSR count). The van der Waals surface area contributed by atoms with Crippen LogP contribution in [-0.2, 0) is 0 Å². The van der Waals surface area contributed by atoms with Crippen LogP contribution in [0.2, 0.25) is 0 Å². The van der Waals surface area contributed by atoms with Gasteiger partial charge in [-0.15, -0.1) is 16.4 Å². The number of aromatic nitrogens is 4. The van der Waals surface area contributed by atoms with Gasteiger partial charge in [-0.2, -0.15) is 0 Å². The number of nitrogens with one attached hydrogen (secondary N) is 3. The summed E-state index contributed by atoms with van der Waals surface area (Å²) in [4.78, 5) is 9.93. The normalized spacial score (nSPS) is 11.3. The van der Waals surface area contributed by atoms with Crippen molar-refractivity contribution in [3.05, 3.63) is 46.7 Å². The number of rotatable bonds is 11. The molecule has 0 bridgehead atoms. The van der Waals surface area contributed by atoms with Crippen LogP contribution in [0.5, 0.6) is 0 Å². The molecule has 9 nitrogen and oxygen atoms in total. The quantitative estimate of drug-likeness (QED) is 0.257. The van der Waals surface area contributed by atoms with Crippen LogP contribution in [0.3, 0.4) is 0 Å². The summed E-state index contributed by atoms with van der Waals surface area (Å²) < 4.78 is 5.70. The van der Waals surface area contributed by atoms with Gasteiger partial charge in [0.15, 0.2) is 0 Å². The Hall–Kier alpha value is -3.24. The van der Waals surface area contributed by atoms with Crippen LogP contribution in [0.1, 0.15) is 30.8 Å². The highest BCUT2D eigenvalue weighted by Gasteiger charge is 2.15. The zero-order valence-corrected chi connectivity index (χ0v) is 18.7. The lowest BCUT2D eigenvalue weighted by atomic mass is 10.2. The van der Waals surface area contributed by atoms with E-state index >= 15 is 0 Å². The Morgan fingerprint density at radius 3 is 2.87 bits per heavy atom. The maximum Gasteiger partial charge on any atom is 0.315 e. The second-order valence-electron chi connectivity index (χ2n) is 7.11. The van der Waals surface area contributed by atoms with E-state index in [0.29, 0.717) is 41.9 Å². The summed E-state index contributed by atoms with van der Waals surface area (Å²) in [5.74, 6) is 0.990. The average Bonchev–Trinajstić information content (AvgIpc) is 3.35. The van der Waals surface area contributed by atoms with Crippen molar-refractivity contribution in [2.75, 3.05) is 29.1 Å². The topological polar surface area (TPSA) is 121 Å². The van der Waals surface area contributed by atoms with Crippen molar-refractivity contribution in [3.63, 3.8) is 0 Å². The van der Waals surface area contributed by atoms with Crippen molar-refractivity contribution in [2.45, 2.75) is 33.2 Å². The Balaban J connectivity index is 1.76. The minimum Gasteiger partial charge on any atom is -0.403 e. The van der Waals surface area contributed by atoms with Gasteiger partial charge < -0.3 is 25.5 Å². The molecule has 3 aromatic heterocycles. The fourth-order valence-electron chi connectivity index (χ4n) is 2.66. The van der Waals surface area contributed by atoms with E-state index in [1.54, 1.807) is 17.5 Å². The SMILES string of the molecule is C=C(/C=C\c1ncsc1C)Nc1cc(NC(C)C)c(-c2nnc(NCCCO)o2)cn1. The van der Waals surface area contributed by atoms with E-state index in [1.807, 2.05) is 44.5 Å². The highest BCUT2D eigenvalue weighted by atomic mass is 32.1. The number of allylic oxidation sites excluding steroid dienone is 1. The number of aliphatic hydroxyl groups is 1. The summed E-state index contributed by atoms with van der Waals surface area (Å²) in [7, 11) is 0. The summed E-state index contributed by atoms with van der Waals surface area (Å²) >= 11 is 1.61. The van der Waals surface area contributed by atoms with Crippen molar-refractivity contribution < 1.29 is 9.52 Å². The molecule has 0 aliphatic rings. The number of hydrogen-bond acceptors (Lipinski definition) is 10. The molecule has 4 N–H and O–H groups in total. The van der Waals surface area contributed by atoms with Gasteiger partial charge in [-0.05, 0) is 39.3 Å². The van der Waals surface area contributed by atoms with Crippen LogP contribution >= 0.6 is 11.3 Å². The van der Waals surface area contributed by atoms with Crippen LogP contribution in [0.25, 0.3) is 17.5 Å². The highest BCUT2D eigenvalue weighted by Crippen LogP contribution is 2.30. The monoisotopic (exact) mass is 441 g/mol. The van der Waals surface area contributed by atoms with Crippen molar-refractivity contribution in [3.8, 4) is 11.5 Å². The van der Waals surface area contributed by atoms with Gasteiger partial charge in [0.2, 0.25) is 0 Å². The van der Waals surface area contributed by atoms with Gasteiger partial charge in [0.1, 0.15) is 5.82 Å². The molecule has 0 saturated heterocycles. The molecule has 0 amide bonds. The predicted octanol–water partition coefficient (Wildman–Crippen LogP) is 4.15. The van der Waals surface area contributed by atoms with E-state index in [0.717, 1.165) is 16.3 Å². The predicted molar refractivity (Wildman–Crippen MR) is 125 cm³/mol. The molecule has 0 fully saturated rings. The third-order valence-corrected chi connectivity index (χ3v) is 4.90. The average molecular weight is 442 g/mol. The van der Waals surface area contributed by atoms with E-state index in [9.17, 15) is 0 Å². The third-order valence-electron chi connectivity index (χ3n) is 4.13. The van der Waals surface area contributed by atoms with Crippen LogP contribution in [0.4, 0.5) is 17.5 Å². The van der Waals surface area contributed by atoms with E-state index in [2.05, 4.69) is 42.7 Å². The summed E-state index contributed by atoms with van der Waals surface area (Å²) in [6.07, 6.45) is 6.07. The zero-order chi connectivity index (χ0) is 22.2. The van der Waals surface area contributed by atoms with Crippen LogP contribution in [0, 0.1) is 6.92 Å². The molecule has 0 aromatic carbocycles. The molecular weight excluding hydrogens is 414 g/mol. The Kier molecular flexibility index (Phi) is 7.74. The fourth-order valence-corrected chi connectivity index (χ4v) is 3.23. The molecule has 3 aromatic rings. The molecule has 0 saturated carbocycles. The zero-order valence-electron chi connectivity index (χ0n) is 17.8. The first-order chi connectivity index (χ1) is 15.0. The largest absolute Gasteiger partial charge is 0.403 e. The molecule has 0 spiro atoms. The Bertz CT molecular complexity index is 1040. The van der Waals surface area contributed by atoms with Gasteiger partial charge in [-0.3, -0.25) is 0 Å². The molecule has 3 heterocycles. The minimum absolute atomic E-state index is 0.0959. The van der Waals surface area contributed by atoms with E-state index in [-0.39, 0.29) is 12.6 Å². The number of aryl methyl sites for hydroxylation is 1. The first-order valence-electron chi connectivity index (χ1n) is 9.95. The van der Waals surface area contributed by atoms with E-state index in [4.69, 9.17) is 9.52 Å². The molecule has 0 aliphatic carbocycles. The lowest BCUT2D eigenvalue weighted by molar-refractivity contribution is 0.292. The lowest BCUT2D eigenvalue weighted by Gasteiger charge is -2.15. The maximum absolute atomic E-state index is 8.89. The van der Waals surface area contributed by atoms with Crippen molar-refractivity contribution in [1.29, 1.82) is 0 Å². The number of pyridine rings is 1. The molecule has 0 unspecified atom stereocenters. The van der Waals surface area contributed by atoms with Crippen molar-refractivity contribution >= 4 is 34.9 Å². The van der Waals surface area contributed by atoms with Gasteiger partial charge in [-0.25, -0.2) is 9.97 Å². The van der Waals surface area contributed by atoms with Crippen molar-refractivity contribution in [1.82, 2.24) is 20.2 Å². The number of thiazole rings is 1. The molecule has 164 valence electrons. The lowest BCUT2D eigenvalue weighted by Crippen LogP contribution is -2.11. The Morgan fingerprint density at radius 1 is 1.32 bits per heavy atom. The number of hydrogen-bond donors (Lipinski definition) is 4. The standard InChI is InChI=1S/C21H27N7O2S/c1-13(2)25-18-10-19(26-14(3)6-7-17-15(4)31-12-24-17)23-11-16(18)20-27-28-21(30-20)22-8-5-9-29/h6-7,10-13,29H,3,5,8-9H2,1-2,4H3,(H,22,28)(H2,23,25,26)/b7-6-. The van der Waals surface area contributed by atoms with Gasteiger partial charge in [0, 0.05) is 42.0 Å². The summed E-state index contributed by atoms with van der Waals surface area (Å²) in [5, 5.41) is 26.6. The van der Waals surface area contributed by atoms with Crippen molar-refractivity contribution in [2.24, 2.45) is 0 Å². The summed E-state index contributed by atoms with van der Waals surface area (Å²) in [5.41, 5.74) is 4.95. The van der Waals surface area contributed by atoms with Crippen LogP contribution < -0.4 is 16.0 Å². The van der Waals surface area contributed by atoms with Gasteiger partial charge in [-0.1, -0.05) is 11.7 Å². The van der Waals surface area contributed by atoms with Gasteiger partial charge in [0.05, 0.1) is 22.5 Å². The second-order valence-corrected chi connectivity index (χ2v) is 8.17. The smallest absolute Gasteiger partial charge is 0.315 e. The van der Waals surface area contributed by atoms with Gasteiger partial charge in [0.25, 0.3) is 5.89 Å². The van der Waals surface area contributed by atoms with Crippen LogP contribution in [0.15, 0.2) is 40.5 Å². The maximum atomic E-state index is 8.89. The Labute approximate surface area is 185 Å². The van der Waals surface area contributed by atoms with Crippen LogP contribution in [-0.4, -0.2) is 44.5 Å². The minimum atomic E-state index is 0.0959. The molecule has 0 aliphatic heterocycles. The Morgan fingerprint density at radius 2 is 2.16 bits per heavy atom.